The molecule has 6 nitrogen and oxygen atoms in total. The number of benzene rings is 1. The quantitative estimate of drug-likeness (QED) is 0.579. The van der Waals surface area contributed by atoms with Crippen molar-refractivity contribution in [2.45, 2.75) is 25.7 Å². The summed E-state index contributed by atoms with van der Waals surface area (Å²) >= 11 is 0. The summed E-state index contributed by atoms with van der Waals surface area (Å²) in [5.74, 6) is 1.77. The fraction of sp³-hybridized carbons (Fsp3) is 0.611. The smallest absolute Gasteiger partial charge is 0.310 e. The monoisotopic (exact) mass is 337 g/mol. The molecule has 0 bridgehead atoms. The average molecular weight is 337 g/mol. The summed E-state index contributed by atoms with van der Waals surface area (Å²) in [6, 6.07) is 3.85. The summed E-state index contributed by atoms with van der Waals surface area (Å²) in [4.78, 5) is 12.0. The van der Waals surface area contributed by atoms with Crippen molar-refractivity contribution >= 4 is 5.97 Å². The summed E-state index contributed by atoms with van der Waals surface area (Å²) in [6.45, 7) is 2.14. The van der Waals surface area contributed by atoms with Crippen molar-refractivity contribution in [1.82, 2.24) is 5.32 Å². The Kier molecular flexibility index (Phi) is 7.18. The van der Waals surface area contributed by atoms with E-state index >= 15 is 0 Å². The Hall–Kier alpha value is -1.95. The zero-order chi connectivity index (χ0) is 17.4. The number of hydrogen-bond donors (Lipinski definition) is 1. The molecule has 0 aliphatic carbocycles. The lowest BCUT2D eigenvalue weighted by atomic mass is 10.0. The number of carbonyl (C=O) groups is 1. The van der Waals surface area contributed by atoms with Crippen LogP contribution in [0.1, 0.15) is 24.8 Å². The second kappa shape index (κ2) is 9.37. The van der Waals surface area contributed by atoms with Crippen molar-refractivity contribution in [3.05, 3.63) is 17.7 Å². The van der Waals surface area contributed by atoms with Gasteiger partial charge in [0.2, 0.25) is 5.75 Å². The largest absolute Gasteiger partial charge is 0.493 e. The molecule has 1 fully saturated rings. The lowest BCUT2D eigenvalue weighted by Crippen LogP contribution is -2.35. The Bertz CT molecular complexity index is 515. The van der Waals surface area contributed by atoms with Gasteiger partial charge in [-0.2, -0.15) is 0 Å². The Balaban J connectivity index is 1.84. The van der Waals surface area contributed by atoms with Crippen LogP contribution in [0.2, 0.25) is 0 Å². The summed E-state index contributed by atoms with van der Waals surface area (Å²) in [5, 5.41) is 3.23. The Labute approximate surface area is 143 Å². The highest BCUT2D eigenvalue weighted by atomic mass is 16.5. The van der Waals surface area contributed by atoms with E-state index in [2.05, 4.69) is 5.32 Å². The minimum absolute atomic E-state index is 0.0000699. The van der Waals surface area contributed by atoms with Crippen molar-refractivity contribution in [2.24, 2.45) is 5.92 Å². The molecule has 1 aromatic rings. The van der Waals surface area contributed by atoms with Gasteiger partial charge in [0, 0.05) is 6.54 Å². The standard InChI is InChI=1S/C18H27NO5/c1-21-15-10-13(11-16(22-2)17(15)23-3)6-5-9-24-18(20)14-7-4-8-19-12-14/h10-11,14,19H,4-9,12H2,1-3H3. The number of carbonyl (C=O) groups excluding carboxylic acids is 1. The van der Waals surface area contributed by atoms with Gasteiger partial charge in [-0.3, -0.25) is 4.79 Å². The molecule has 24 heavy (non-hydrogen) atoms. The van der Waals surface area contributed by atoms with Gasteiger partial charge >= 0.3 is 5.97 Å². The molecule has 6 heteroatoms. The first-order valence-corrected chi connectivity index (χ1v) is 8.35. The van der Waals surface area contributed by atoms with Crippen LogP contribution in [-0.2, 0) is 16.0 Å². The van der Waals surface area contributed by atoms with E-state index in [0.29, 0.717) is 23.9 Å². The molecule has 0 amide bonds. The predicted octanol–water partition coefficient (Wildman–Crippen LogP) is 2.19. The highest BCUT2D eigenvalue weighted by molar-refractivity contribution is 5.72. The summed E-state index contributed by atoms with van der Waals surface area (Å²) in [5.41, 5.74) is 1.06. The molecule has 0 saturated carbocycles. The second-order valence-corrected chi connectivity index (χ2v) is 5.85. The van der Waals surface area contributed by atoms with Crippen molar-refractivity contribution in [1.29, 1.82) is 0 Å². The molecule has 1 atom stereocenters. The van der Waals surface area contributed by atoms with E-state index < -0.39 is 0 Å². The van der Waals surface area contributed by atoms with Gasteiger partial charge in [-0.1, -0.05) is 0 Å². The fourth-order valence-electron chi connectivity index (χ4n) is 2.90. The molecule has 0 radical (unpaired) electrons. The Morgan fingerprint density at radius 3 is 2.42 bits per heavy atom. The van der Waals surface area contributed by atoms with E-state index in [1.165, 1.54) is 0 Å². The van der Waals surface area contributed by atoms with Crippen LogP contribution in [0.25, 0.3) is 0 Å². The van der Waals surface area contributed by atoms with Gasteiger partial charge in [-0.25, -0.2) is 0 Å². The second-order valence-electron chi connectivity index (χ2n) is 5.85. The molecule has 2 rings (SSSR count). The summed E-state index contributed by atoms with van der Waals surface area (Å²) in [7, 11) is 4.78. The maximum absolute atomic E-state index is 12.0. The number of piperidine rings is 1. The van der Waals surface area contributed by atoms with Crippen LogP contribution in [0.15, 0.2) is 12.1 Å². The third-order valence-corrected chi connectivity index (χ3v) is 4.21. The number of ether oxygens (including phenoxy) is 4. The van der Waals surface area contributed by atoms with E-state index in [1.54, 1.807) is 21.3 Å². The zero-order valence-corrected chi connectivity index (χ0v) is 14.7. The normalized spacial score (nSPS) is 17.2. The van der Waals surface area contributed by atoms with Gasteiger partial charge in [-0.15, -0.1) is 0 Å². The first-order chi connectivity index (χ1) is 11.7. The molecule has 134 valence electrons. The van der Waals surface area contributed by atoms with Crippen LogP contribution >= 0.6 is 0 Å². The van der Waals surface area contributed by atoms with Gasteiger partial charge in [0.15, 0.2) is 11.5 Å². The van der Waals surface area contributed by atoms with Crippen LogP contribution in [-0.4, -0.2) is 47.0 Å². The average Bonchev–Trinajstić information content (AvgIpc) is 2.64. The van der Waals surface area contributed by atoms with Gasteiger partial charge in [0.1, 0.15) is 0 Å². The molecule has 1 unspecified atom stereocenters. The molecule has 0 aromatic heterocycles. The summed E-state index contributed by atoms with van der Waals surface area (Å²) < 4.78 is 21.4. The third-order valence-electron chi connectivity index (χ3n) is 4.21. The van der Waals surface area contributed by atoms with Crippen LogP contribution in [0, 0.1) is 5.92 Å². The van der Waals surface area contributed by atoms with Crippen molar-refractivity contribution < 1.29 is 23.7 Å². The number of esters is 1. The first-order valence-electron chi connectivity index (χ1n) is 8.35. The maximum Gasteiger partial charge on any atom is 0.310 e. The van der Waals surface area contributed by atoms with Crippen LogP contribution < -0.4 is 19.5 Å². The maximum atomic E-state index is 12.0. The fourth-order valence-corrected chi connectivity index (χ4v) is 2.90. The van der Waals surface area contributed by atoms with Crippen molar-refractivity contribution in [2.75, 3.05) is 41.0 Å². The number of rotatable bonds is 8. The van der Waals surface area contributed by atoms with E-state index in [0.717, 1.165) is 44.3 Å². The number of aryl methyl sites for hydroxylation is 1. The first kappa shape index (κ1) is 18.4. The third kappa shape index (κ3) is 4.77. The number of nitrogens with one attached hydrogen (secondary N) is 1. The van der Waals surface area contributed by atoms with E-state index in [4.69, 9.17) is 18.9 Å². The van der Waals surface area contributed by atoms with E-state index in [-0.39, 0.29) is 11.9 Å². The molecule has 0 spiro atoms. The molecule has 1 aromatic carbocycles. The van der Waals surface area contributed by atoms with Gasteiger partial charge < -0.3 is 24.3 Å². The lowest BCUT2D eigenvalue weighted by molar-refractivity contribution is -0.149. The van der Waals surface area contributed by atoms with Crippen LogP contribution in [0.5, 0.6) is 17.2 Å². The Morgan fingerprint density at radius 1 is 1.17 bits per heavy atom. The molecule has 1 aliphatic heterocycles. The topological polar surface area (TPSA) is 66.0 Å². The SMILES string of the molecule is COc1cc(CCCOC(=O)C2CCCNC2)cc(OC)c1OC. The summed E-state index contributed by atoms with van der Waals surface area (Å²) in [6.07, 6.45) is 3.47. The Morgan fingerprint density at radius 2 is 1.88 bits per heavy atom. The van der Waals surface area contributed by atoms with Crippen LogP contribution in [0.3, 0.4) is 0 Å². The highest BCUT2D eigenvalue weighted by Crippen LogP contribution is 2.38. The van der Waals surface area contributed by atoms with Crippen LogP contribution in [0.4, 0.5) is 0 Å². The number of hydrogen-bond acceptors (Lipinski definition) is 6. The van der Waals surface area contributed by atoms with Gasteiger partial charge in [-0.05, 0) is 49.9 Å². The molecule has 1 heterocycles. The minimum Gasteiger partial charge on any atom is -0.493 e. The van der Waals surface area contributed by atoms with E-state index in [1.807, 2.05) is 12.1 Å². The van der Waals surface area contributed by atoms with Crippen molar-refractivity contribution in [3.8, 4) is 17.2 Å². The van der Waals surface area contributed by atoms with E-state index in [9.17, 15) is 4.79 Å². The lowest BCUT2D eigenvalue weighted by Gasteiger charge is -2.21. The van der Waals surface area contributed by atoms with Gasteiger partial charge in [0.25, 0.3) is 0 Å². The molecule has 1 saturated heterocycles. The highest BCUT2D eigenvalue weighted by Gasteiger charge is 2.22. The molecule has 1 aliphatic rings. The zero-order valence-electron chi connectivity index (χ0n) is 14.7. The minimum atomic E-state index is -0.0907. The number of methoxy groups -OCH3 is 3. The van der Waals surface area contributed by atoms with Gasteiger partial charge in [0.05, 0.1) is 33.9 Å². The molecular weight excluding hydrogens is 310 g/mol. The predicted molar refractivity (Wildman–Crippen MR) is 91.0 cm³/mol. The molecular formula is C18H27NO5. The molecule has 1 N–H and O–H groups in total. The van der Waals surface area contributed by atoms with Crippen molar-refractivity contribution in [3.63, 3.8) is 0 Å².